The van der Waals surface area contributed by atoms with Crippen LogP contribution in [0.25, 0.3) is 64.8 Å². The third-order valence-corrected chi connectivity index (χ3v) is 8.96. The molecule has 1 aromatic heterocycles. The highest BCUT2D eigenvalue weighted by Gasteiger charge is 2.12. The third kappa shape index (κ3) is 4.37. The van der Waals surface area contributed by atoms with Gasteiger partial charge in [-0.25, -0.2) is 0 Å². The van der Waals surface area contributed by atoms with E-state index in [1.807, 2.05) is 0 Å². The Kier molecular flexibility index (Phi) is 6.18. The fourth-order valence-electron chi connectivity index (χ4n) is 5.77. The molecule has 192 valence electrons. The Morgan fingerprint density at radius 2 is 1.27 bits per heavy atom. The van der Waals surface area contributed by atoms with Crippen LogP contribution in [0.2, 0.25) is 0 Å². The van der Waals surface area contributed by atoms with Gasteiger partial charge >= 0.3 is 0 Å². The summed E-state index contributed by atoms with van der Waals surface area (Å²) in [5.74, 6) is 0. The molecule has 0 amide bonds. The molecule has 1 aliphatic carbocycles. The van der Waals surface area contributed by atoms with Crippen LogP contribution in [0.4, 0.5) is 0 Å². The van der Waals surface area contributed by atoms with Gasteiger partial charge in [0.15, 0.2) is 0 Å². The predicted molar refractivity (Wildman–Crippen MR) is 175 cm³/mol. The highest BCUT2D eigenvalue weighted by molar-refractivity contribution is 7.25. The molecule has 0 bridgehead atoms. The zero-order chi connectivity index (χ0) is 27.1. The van der Waals surface area contributed by atoms with Crippen molar-refractivity contribution < 1.29 is 0 Å². The standard InChI is InChI=1S/C38H29NS/c1-25(39)32-12-7-13-37-38(32)35-24-31(22-23-36(35)40-37)28-16-14-26(15-17-28)27-18-20-30(21-19-27)34-11-6-5-10-33(34)29-8-3-2-4-9-29/h3,5-24H,1-2,4,39H2. The fourth-order valence-corrected chi connectivity index (χ4v) is 6.88. The van der Waals surface area contributed by atoms with E-state index in [9.17, 15) is 0 Å². The van der Waals surface area contributed by atoms with E-state index in [1.54, 1.807) is 11.3 Å². The number of thiophene rings is 1. The summed E-state index contributed by atoms with van der Waals surface area (Å²) in [5, 5.41) is 2.44. The SMILES string of the molecule is C=C(N)c1cccc2sc3ccc(-c4ccc(-c5ccc(-c6ccccc6C6=CCCC=C6)cc5)cc4)cc3c12. The van der Waals surface area contributed by atoms with Crippen molar-refractivity contribution in [3.05, 3.63) is 145 Å². The third-order valence-electron chi connectivity index (χ3n) is 7.82. The Morgan fingerprint density at radius 3 is 1.95 bits per heavy atom. The average Bonchev–Trinajstić information content (AvgIpc) is 3.40. The van der Waals surface area contributed by atoms with Crippen LogP contribution in [0, 0.1) is 0 Å². The number of allylic oxidation sites excluding steroid dienone is 4. The summed E-state index contributed by atoms with van der Waals surface area (Å²) in [4.78, 5) is 0. The van der Waals surface area contributed by atoms with E-state index in [0.29, 0.717) is 5.70 Å². The van der Waals surface area contributed by atoms with E-state index >= 15 is 0 Å². The number of rotatable bonds is 5. The zero-order valence-corrected chi connectivity index (χ0v) is 23.0. The molecule has 0 saturated heterocycles. The predicted octanol–water partition coefficient (Wildman–Crippen LogP) is 10.7. The Hall–Kier alpha value is -4.66. The van der Waals surface area contributed by atoms with Gasteiger partial charge in [0, 0.05) is 31.4 Å². The Morgan fingerprint density at radius 1 is 0.625 bits per heavy atom. The van der Waals surface area contributed by atoms with Crippen LogP contribution in [0.3, 0.4) is 0 Å². The van der Waals surface area contributed by atoms with Crippen LogP contribution < -0.4 is 5.73 Å². The van der Waals surface area contributed by atoms with Crippen LogP contribution in [0.15, 0.2) is 134 Å². The molecule has 0 aliphatic heterocycles. The summed E-state index contributed by atoms with van der Waals surface area (Å²) in [5.41, 5.74) is 17.7. The molecule has 0 unspecified atom stereocenters. The van der Waals surface area contributed by atoms with Crippen molar-refractivity contribution in [2.75, 3.05) is 0 Å². The topological polar surface area (TPSA) is 26.0 Å². The van der Waals surface area contributed by atoms with Crippen LogP contribution >= 0.6 is 11.3 Å². The lowest BCUT2D eigenvalue weighted by Crippen LogP contribution is -1.93. The first-order chi connectivity index (χ1) is 19.7. The quantitative estimate of drug-likeness (QED) is 0.235. The minimum Gasteiger partial charge on any atom is -0.399 e. The summed E-state index contributed by atoms with van der Waals surface area (Å²) >= 11 is 1.80. The van der Waals surface area contributed by atoms with Crippen LogP contribution in [-0.2, 0) is 0 Å². The minimum atomic E-state index is 0.609. The smallest absolute Gasteiger partial charge is 0.0362 e. The van der Waals surface area contributed by atoms with Crippen molar-refractivity contribution in [1.82, 2.24) is 0 Å². The van der Waals surface area contributed by atoms with Crippen molar-refractivity contribution in [1.29, 1.82) is 0 Å². The van der Waals surface area contributed by atoms with Crippen LogP contribution in [0.5, 0.6) is 0 Å². The Bertz CT molecular complexity index is 1950. The first-order valence-electron chi connectivity index (χ1n) is 13.7. The van der Waals surface area contributed by atoms with Gasteiger partial charge in [0.2, 0.25) is 0 Å². The summed E-state index contributed by atoms with van der Waals surface area (Å²) in [6.45, 7) is 4.01. The van der Waals surface area contributed by atoms with Crippen LogP contribution in [-0.4, -0.2) is 0 Å². The molecular weight excluding hydrogens is 502 g/mol. The number of fused-ring (bicyclic) bond motifs is 3. The van der Waals surface area contributed by atoms with Crippen molar-refractivity contribution in [3.8, 4) is 33.4 Å². The van der Waals surface area contributed by atoms with Gasteiger partial charge in [-0.15, -0.1) is 11.3 Å². The number of hydrogen-bond acceptors (Lipinski definition) is 2. The molecule has 5 aromatic carbocycles. The van der Waals surface area contributed by atoms with Gasteiger partial charge in [-0.2, -0.15) is 0 Å². The molecule has 0 fully saturated rings. The largest absolute Gasteiger partial charge is 0.399 e. The minimum absolute atomic E-state index is 0.609. The van der Waals surface area contributed by atoms with E-state index < -0.39 is 0 Å². The molecule has 2 N–H and O–H groups in total. The second-order valence-electron chi connectivity index (χ2n) is 10.4. The number of benzene rings is 5. The monoisotopic (exact) mass is 531 g/mol. The molecule has 7 rings (SSSR count). The van der Waals surface area contributed by atoms with Crippen molar-refractivity contribution in [2.45, 2.75) is 12.8 Å². The van der Waals surface area contributed by atoms with Crippen molar-refractivity contribution >= 4 is 42.8 Å². The van der Waals surface area contributed by atoms with Crippen LogP contribution in [0.1, 0.15) is 24.0 Å². The first kappa shape index (κ1) is 24.4. The molecular formula is C38H29NS. The fraction of sp³-hybridized carbons (Fsp3) is 0.0526. The van der Waals surface area contributed by atoms with E-state index in [0.717, 1.165) is 18.4 Å². The number of hydrogen-bond donors (Lipinski definition) is 1. The molecule has 0 radical (unpaired) electrons. The summed E-state index contributed by atoms with van der Waals surface area (Å²) in [6.07, 6.45) is 9.11. The maximum atomic E-state index is 6.14. The first-order valence-corrected chi connectivity index (χ1v) is 14.5. The van der Waals surface area contributed by atoms with E-state index in [4.69, 9.17) is 5.73 Å². The molecule has 0 spiro atoms. The normalized spacial score (nSPS) is 13.1. The maximum Gasteiger partial charge on any atom is 0.0362 e. The van der Waals surface area contributed by atoms with Gasteiger partial charge in [-0.1, -0.05) is 116 Å². The van der Waals surface area contributed by atoms with Gasteiger partial charge < -0.3 is 5.73 Å². The highest BCUT2D eigenvalue weighted by Crippen LogP contribution is 2.39. The van der Waals surface area contributed by atoms with Gasteiger partial charge in [0.25, 0.3) is 0 Å². The molecule has 1 aliphatic rings. The number of nitrogens with two attached hydrogens (primary N) is 1. The molecule has 0 atom stereocenters. The summed E-state index contributed by atoms with van der Waals surface area (Å²) < 4.78 is 2.51. The molecule has 0 saturated carbocycles. The van der Waals surface area contributed by atoms with Gasteiger partial charge in [0.1, 0.15) is 0 Å². The Labute approximate surface area is 239 Å². The van der Waals surface area contributed by atoms with Crippen molar-refractivity contribution in [2.24, 2.45) is 5.73 Å². The lowest BCUT2D eigenvalue weighted by Gasteiger charge is -2.14. The zero-order valence-electron chi connectivity index (χ0n) is 22.2. The second-order valence-corrected chi connectivity index (χ2v) is 11.4. The molecule has 1 nitrogen and oxygen atoms in total. The Balaban J connectivity index is 1.19. The lowest BCUT2D eigenvalue weighted by atomic mass is 9.91. The van der Waals surface area contributed by atoms with Gasteiger partial charge in [0.05, 0.1) is 0 Å². The average molecular weight is 532 g/mol. The molecule has 40 heavy (non-hydrogen) atoms. The van der Waals surface area contributed by atoms with E-state index in [2.05, 4.69) is 134 Å². The van der Waals surface area contributed by atoms with Gasteiger partial charge in [-0.05, 0) is 75.6 Å². The second kappa shape index (κ2) is 10.1. The summed E-state index contributed by atoms with van der Waals surface area (Å²) in [7, 11) is 0. The molecule has 6 aromatic rings. The van der Waals surface area contributed by atoms with E-state index in [-0.39, 0.29) is 0 Å². The van der Waals surface area contributed by atoms with E-state index in [1.165, 1.54) is 64.7 Å². The maximum absolute atomic E-state index is 6.14. The van der Waals surface area contributed by atoms with Crippen molar-refractivity contribution in [3.63, 3.8) is 0 Å². The van der Waals surface area contributed by atoms with Gasteiger partial charge in [-0.3, -0.25) is 0 Å². The lowest BCUT2D eigenvalue weighted by molar-refractivity contribution is 1.04. The molecule has 2 heteroatoms. The highest BCUT2D eigenvalue weighted by atomic mass is 32.1. The summed E-state index contributed by atoms with van der Waals surface area (Å²) in [6, 6.07) is 39.6. The molecule has 1 heterocycles.